The van der Waals surface area contributed by atoms with Crippen LogP contribution in [0.15, 0.2) is 59.8 Å². The molecule has 38 heavy (non-hydrogen) atoms. The zero-order valence-corrected chi connectivity index (χ0v) is 21.9. The fourth-order valence-corrected chi connectivity index (χ4v) is 6.01. The molecule has 1 fully saturated rings. The molecule has 196 valence electrons. The minimum absolute atomic E-state index is 0.00691. The number of sulfone groups is 1. The molecule has 3 aromatic rings. The van der Waals surface area contributed by atoms with E-state index in [4.69, 9.17) is 9.84 Å². The Morgan fingerprint density at radius 2 is 2.03 bits per heavy atom. The highest BCUT2D eigenvalue weighted by atomic mass is 32.2. The molecule has 2 N–H and O–H groups in total. The lowest BCUT2D eigenvalue weighted by molar-refractivity contribution is -0.137. The van der Waals surface area contributed by atoms with Crippen molar-refractivity contribution in [2.45, 2.75) is 42.5 Å². The number of benzene rings is 2. The number of nitrogens with zero attached hydrogens (tertiary/aromatic N) is 2. The molecular formula is C29H29N3O5S. The SMILES string of the molecule is CS(=O)(=O)c1ccc(-c2ccc3c(c2)[C@]2(CCO3)C[C@H]2CNc2cc(C#N)ccc2CCCC(=O)O)cn1. The zero-order chi connectivity index (χ0) is 26.9. The Morgan fingerprint density at radius 1 is 1.21 bits per heavy atom. The van der Waals surface area contributed by atoms with Crippen molar-refractivity contribution >= 4 is 21.5 Å². The van der Waals surface area contributed by atoms with Gasteiger partial charge in [0, 0.05) is 47.6 Å². The van der Waals surface area contributed by atoms with Crippen LogP contribution in [0.1, 0.15) is 42.4 Å². The molecule has 2 aliphatic rings. The van der Waals surface area contributed by atoms with E-state index in [9.17, 15) is 18.5 Å². The predicted molar refractivity (Wildman–Crippen MR) is 143 cm³/mol. The van der Waals surface area contributed by atoms with Crippen LogP contribution < -0.4 is 10.1 Å². The second kappa shape index (κ2) is 10.1. The third-order valence-electron chi connectivity index (χ3n) is 7.62. The highest BCUT2D eigenvalue weighted by Crippen LogP contribution is 2.61. The van der Waals surface area contributed by atoms with Gasteiger partial charge < -0.3 is 15.2 Å². The van der Waals surface area contributed by atoms with Gasteiger partial charge in [-0.05, 0) is 79.1 Å². The van der Waals surface area contributed by atoms with Gasteiger partial charge in [-0.25, -0.2) is 13.4 Å². The maximum absolute atomic E-state index is 11.8. The molecule has 8 nitrogen and oxygen atoms in total. The smallest absolute Gasteiger partial charge is 0.303 e. The van der Waals surface area contributed by atoms with E-state index in [0.717, 1.165) is 59.3 Å². The van der Waals surface area contributed by atoms with Gasteiger partial charge in [0.25, 0.3) is 0 Å². The van der Waals surface area contributed by atoms with Crippen molar-refractivity contribution in [3.63, 3.8) is 0 Å². The third-order valence-corrected chi connectivity index (χ3v) is 8.62. The van der Waals surface area contributed by atoms with Gasteiger partial charge in [0.05, 0.1) is 18.2 Å². The van der Waals surface area contributed by atoms with Crippen LogP contribution >= 0.6 is 0 Å². The number of anilines is 1. The van der Waals surface area contributed by atoms with Crippen molar-refractivity contribution in [2.24, 2.45) is 5.92 Å². The number of aromatic nitrogens is 1. The second-order valence-corrected chi connectivity index (χ2v) is 12.1. The first-order valence-corrected chi connectivity index (χ1v) is 14.5. The third kappa shape index (κ3) is 5.22. The Labute approximate surface area is 222 Å². The Balaban J connectivity index is 1.34. The van der Waals surface area contributed by atoms with E-state index in [2.05, 4.69) is 22.4 Å². The summed E-state index contributed by atoms with van der Waals surface area (Å²) in [7, 11) is -3.36. The largest absolute Gasteiger partial charge is 0.493 e. The summed E-state index contributed by atoms with van der Waals surface area (Å²) in [5.41, 5.74) is 5.42. The number of nitriles is 1. The van der Waals surface area contributed by atoms with Crippen molar-refractivity contribution in [3.8, 4) is 22.9 Å². The fraction of sp³-hybridized carbons (Fsp3) is 0.345. The average Bonchev–Trinajstić information content (AvgIpc) is 3.60. The first kappa shape index (κ1) is 25.7. The summed E-state index contributed by atoms with van der Waals surface area (Å²) in [6, 6.07) is 17.1. The lowest BCUT2D eigenvalue weighted by Gasteiger charge is -2.28. The van der Waals surface area contributed by atoms with Crippen LogP contribution in [0.5, 0.6) is 5.75 Å². The first-order valence-electron chi connectivity index (χ1n) is 12.6. The molecule has 1 aliphatic heterocycles. The highest BCUT2D eigenvalue weighted by Gasteiger charge is 2.57. The Hall–Kier alpha value is -3.90. The van der Waals surface area contributed by atoms with Gasteiger partial charge in [0.15, 0.2) is 14.9 Å². The van der Waals surface area contributed by atoms with Crippen LogP contribution in [0.25, 0.3) is 11.1 Å². The van der Waals surface area contributed by atoms with Gasteiger partial charge >= 0.3 is 5.97 Å². The van der Waals surface area contributed by atoms with Gasteiger partial charge in [-0.3, -0.25) is 4.79 Å². The van der Waals surface area contributed by atoms with Gasteiger partial charge in [-0.15, -0.1) is 0 Å². The van der Waals surface area contributed by atoms with Gasteiger partial charge in [0.1, 0.15) is 5.75 Å². The van der Waals surface area contributed by atoms with Crippen LogP contribution in [0.2, 0.25) is 0 Å². The summed E-state index contributed by atoms with van der Waals surface area (Å²) >= 11 is 0. The molecule has 1 saturated carbocycles. The Bertz CT molecular complexity index is 1530. The predicted octanol–water partition coefficient (Wildman–Crippen LogP) is 4.58. The normalized spacial score (nSPS) is 19.7. The van der Waals surface area contributed by atoms with Gasteiger partial charge in [-0.2, -0.15) is 5.26 Å². The van der Waals surface area contributed by atoms with Crippen molar-refractivity contribution in [3.05, 3.63) is 71.4 Å². The molecule has 1 aliphatic carbocycles. The molecule has 0 bridgehead atoms. The summed E-state index contributed by atoms with van der Waals surface area (Å²) in [4.78, 5) is 15.1. The number of carbonyl (C=O) groups is 1. The summed E-state index contributed by atoms with van der Waals surface area (Å²) in [6.07, 6.45) is 5.93. The monoisotopic (exact) mass is 531 g/mol. The number of carboxylic acid groups (broad SMARTS) is 1. The maximum atomic E-state index is 11.8. The number of fused-ring (bicyclic) bond motifs is 2. The number of hydrogen-bond donors (Lipinski definition) is 2. The summed E-state index contributed by atoms with van der Waals surface area (Å²) in [6.45, 7) is 1.38. The van der Waals surface area contributed by atoms with Crippen molar-refractivity contribution < 1.29 is 23.1 Å². The zero-order valence-electron chi connectivity index (χ0n) is 21.1. The number of rotatable bonds is 9. The molecule has 0 saturated heterocycles. The summed E-state index contributed by atoms with van der Waals surface area (Å²) < 4.78 is 29.5. The average molecular weight is 532 g/mol. The second-order valence-electron chi connectivity index (χ2n) is 10.1. The highest BCUT2D eigenvalue weighted by molar-refractivity contribution is 7.90. The summed E-state index contributed by atoms with van der Waals surface area (Å²) in [5.74, 6) is 0.445. The van der Waals surface area contributed by atoms with E-state index in [1.807, 2.05) is 24.3 Å². The molecular weight excluding hydrogens is 502 g/mol. The number of nitrogens with one attached hydrogen (secondary N) is 1. The molecule has 1 spiro atoms. The molecule has 5 rings (SSSR count). The van der Waals surface area contributed by atoms with Crippen molar-refractivity contribution in [1.82, 2.24) is 4.98 Å². The van der Waals surface area contributed by atoms with Crippen LogP contribution in [0.3, 0.4) is 0 Å². The molecule has 0 radical (unpaired) electrons. The molecule has 2 aromatic carbocycles. The standard InChI is InChI=1S/C29H29N3O5S/c1-38(35,36)27-10-8-22(17-32-27)21-7-9-26-24(14-21)29(11-12-37-26)15-23(29)18-31-25-13-19(16-30)5-6-20(25)3-2-4-28(33)34/h5-10,13-14,17,23,31H,2-4,11-12,15,18H2,1H3,(H,33,34)/t23-,29+/m0/s1. The number of aryl methyl sites for hydroxylation is 1. The topological polar surface area (TPSA) is 129 Å². The van der Waals surface area contributed by atoms with E-state index in [1.165, 1.54) is 6.07 Å². The molecule has 2 atom stereocenters. The minimum Gasteiger partial charge on any atom is -0.493 e. The van der Waals surface area contributed by atoms with Gasteiger partial charge in [-0.1, -0.05) is 12.1 Å². The number of hydrogen-bond acceptors (Lipinski definition) is 7. The summed E-state index contributed by atoms with van der Waals surface area (Å²) in [5, 5.41) is 22.0. The van der Waals surface area contributed by atoms with Crippen molar-refractivity contribution in [2.75, 3.05) is 24.7 Å². The van der Waals surface area contributed by atoms with Crippen LogP contribution in [-0.2, 0) is 26.5 Å². The molecule has 0 unspecified atom stereocenters. The van der Waals surface area contributed by atoms with Crippen LogP contribution in [0, 0.1) is 17.2 Å². The van der Waals surface area contributed by atoms with Crippen LogP contribution in [0.4, 0.5) is 5.69 Å². The number of pyridine rings is 1. The Morgan fingerprint density at radius 3 is 2.74 bits per heavy atom. The number of carboxylic acids is 1. The fourth-order valence-electron chi connectivity index (χ4n) is 5.45. The van der Waals surface area contributed by atoms with E-state index < -0.39 is 15.8 Å². The minimum atomic E-state index is -3.36. The quantitative estimate of drug-likeness (QED) is 0.410. The molecule has 0 amide bonds. The van der Waals surface area contributed by atoms with E-state index in [0.29, 0.717) is 30.9 Å². The molecule has 1 aromatic heterocycles. The number of aliphatic carboxylic acids is 1. The maximum Gasteiger partial charge on any atom is 0.303 e. The number of ether oxygens (including phenoxy) is 1. The first-order chi connectivity index (χ1) is 18.2. The van der Waals surface area contributed by atoms with E-state index in [-0.39, 0.29) is 16.9 Å². The van der Waals surface area contributed by atoms with E-state index in [1.54, 1.807) is 18.3 Å². The van der Waals surface area contributed by atoms with Crippen molar-refractivity contribution in [1.29, 1.82) is 5.26 Å². The molecule has 2 heterocycles. The molecule has 9 heteroatoms. The van der Waals surface area contributed by atoms with Gasteiger partial charge in [0.2, 0.25) is 0 Å². The Kier molecular flexibility index (Phi) is 6.84. The van der Waals surface area contributed by atoms with E-state index >= 15 is 0 Å². The lowest BCUT2D eigenvalue weighted by atomic mass is 9.85. The van der Waals surface area contributed by atoms with Crippen LogP contribution in [-0.4, -0.2) is 43.9 Å². The lowest BCUT2D eigenvalue weighted by Crippen LogP contribution is -2.24.